The third-order valence-corrected chi connectivity index (χ3v) is 10.3. The average molecular weight is 695 g/mol. The molecule has 9 aromatic carbocycles. The molecular weight excluding hydrogens is 657 g/mol. The van der Waals surface area contributed by atoms with Gasteiger partial charge in [0.2, 0.25) is 0 Å². The lowest BCUT2D eigenvalue weighted by molar-refractivity contribution is 1.07. The van der Waals surface area contributed by atoms with Crippen LogP contribution in [0.15, 0.2) is 192 Å². The molecule has 0 saturated carbocycles. The van der Waals surface area contributed by atoms with Crippen LogP contribution in [-0.4, -0.2) is 23.7 Å². The summed E-state index contributed by atoms with van der Waals surface area (Å²) in [6.45, 7) is 4.05. The van der Waals surface area contributed by atoms with Crippen LogP contribution < -0.4 is 5.73 Å². The van der Waals surface area contributed by atoms with Crippen molar-refractivity contribution in [2.75, 3.05) is 6.67 Å². The molecular formula is C50H38N4. The molecule has 1 aromatic heterocycles. The van der Waals surface area contributed by atoms with E-state index in [0.717, 1.165) is 22.5 Å². The lowest BCUT2D eigenvalue weighted by Crippen LogP contribution is -2.05. The molecule has 258 valence electrons. The third-order valence-electron chi connectivity index (χ3n) is 10.3. The number of hydrogen-bond acceptors (Lipinski definition) is 3. The highest BCUT2D eigenvalue weighted by molar-refractivity contribution is 6.34. The fraction of sp³-hybridized carbons (Fsp3) is 0.0400. The monoisotopic (exact) mass is 694 g/mol. The van der Waals surface area contributed by atoms with Gasteiger partial charge in [0.1, 0.15) is 0 Å². The van der Waals surface area contributed by atoms with Gasteiger partial charge in [-0.1, -0.05) is 164 Å². The molecule has 4 nitrogen and oxygen atoms in total. The van der Waals surface area contributed by atoms with E-state index >= 15 is 0 Å². The minimum atomic E-state index is 0.333. The molecule has 2 N–H and O–H groups in total. The van der Waals surface area contributed by atoms with E-state index in [2.05, 4.69) is 198 Å². The Labute approximate surface area is 314 Å². The molecule has 10 aromatic rings. The number of benzene rings is 9. The molecule has 0 saturated heterocycles. The summed E-state index contributed by atoms with van der Waals surface area (Å²) in [6.07, 6.45) is 0. The summed E-state index contributed by atoms with van der Waals surface area (Å²) >= 11 is 0. The zero-order valence-electron chi connectivity index (χ0n) is 29.9. The number of aliphatic imine (C=N–C) groups is 2. The summed E-state index contributed by atoms with van der Waals surface area (Å²) in [6, 6.07) is 65.9. The van der Waals surface area contributed by atoms with Gasteiger partial charge in [-0.3, -0.25) is 9.98 Å². The number of fused-ring (bicyclic) bond motifs is 11. The first kappa shape index (κ1) is 33.0. The molecule has 0 aliphatic heterocycles. The SMILES string of the molecule is C=NCN.c1ccc(CN=C(c2ccc(-n3c4c5ccccc5ccc4c4c5ccccc5c5ccccc5c43)cc2)c2ccc3ccccc3c2)cc1. The van der Waals surface area contributed by atoms with Crippen molar-refractivity contribution in [1.29, 1.82) is 0 Å². The first-order valence-corrected chi connectivity index (χ1v) is 18.3. The Morgan fingerprint density at radius 2 is 1.04 bits per heavy atom. The lowest BCUT2D eigenvalue weighted by atomic mass is 9.96. The van der Waals surface area contributed by atoms with Gasteiger partial charge in [0.15, 0.2) is 0 Å². The van der Waals surface area contributed by atoms with Crippen molar-refractivity contribution in [3.8, 4) is 5.69 Å². The standard InChI is InChI=1S/C48H32N2.C2H6N2/c1-2-12-32(13-3-1)31-49-46(37-23-22-33-14-4-5-16-36(33)30-37)35-24-27-38(28-25-35)50-47-39-17-7-6-15-34(39)26-29-44(47)45-42-20-10-8-18-40(42)41-19-9-11-21-43(41)48(45)50;1-4-2-3/h1-30H,31H2;1-3H2. The molecule has 4 heteroatoms. The molecule has 54 heavy (non-hydrogen) atoms. The molecule has 0 fully saturated rings. The van der Waals surface area contributed by atoms with Crippen molar-refractivity contribution in [3.63, 3.8) is 0 Å². The topological polar surface area (TPSA) is 55.7 Å². The molecule has 0 radical (unpaired) electrons. The van der Waals surface area contributed by atoms with Gasteiger partial charge in [0, 0.05) is 38.4 Å². The largest absolute Gasteiger partial charge is 0.312 e. The maximum Gasteiger partial charge on any atom is 0.0852 e. The highest BCUT2D eigenvalue weighted by Gasteiger charge is 2.20. The van der Waals surface area contributed by atoms with E-state index < -0.39 is 0 Å². The Bertz CT molecular complexity index is 3010. The van der Waals surface area contributed by atoms with Crippen molar-refractivity contribution in [1.82, 2.24) is 4.57 Å². The van der Waals surface area contributed by atoms with Crippen molar-refractivity contribution >= 4 is 77.3 Å². The van der Waals surface area contributed by atoms with Gasteiger partial charge in [0.25, 0.3) is 0 Å². The fourth-order valence-electron chi connectivity index (χ4n) is 7.90. The maximum absolute atomic E-state index is 5.26. The van der Waals surface area contributed by atoms with Crippen molar-refractivity contribution in [2.24, 2.45) is 15.7 Å². The Kier molecular flexibility index (Phi) is 8.72. The van der Waals surface area contributed by atoms with Crippen LogP contribution in [0.2, 0.25) is 0 Å². The van der Waals surface area contributed by atoms with Gasteiger partial charge in [-0.2, -0.15) is 0 Å². The highest BCUT2D eigenvalue weighted by Crippen LogP contribution is 2.44. The van der Waals surface area contributed by atoms with Gasteiger partial charge >= 0.3 is 0 Å². The lowest BCUT2D eigenvalue weighted by Gasteiger charge is -2.14. The van der Waals surface area contributed by atoms with Crippen LogP contribution in [0.3, 0.4) is 0 Å². The summed E-state index contributed by atoms with van der Waals surface area (Å²) in [4.78, 5) is 8.52. The van der Waals surface area contributed by atoms with Crippen LogP contribution in [0.25, 0.3) is 70.6 Å². The van der Waals surface area contributed by atoms with Gasteiger partial charge in [-0.25, -0.2) is 0 Å². The van der Waals surface area contributed by atoms with Crippen LogP contribution in [-0.2, 0) is 6.54 Å². The minimum absolute atomic E-state index is 0.333. The molecule has 0 bridgehead atoms. The number of nitrogens with two attached hydrogens (primary N) is 1. The summed E-state index contributed by atoms with van der Waals surface area (Å²) in [5, 5.41) is 12.6. The van der Waals surface area contributed by atoms with E-state index in [4.69, 9.17) is 10.7 Å². The highest BCUT2D eigenvalue weighted by atomic mass is 15.0. The maximum atomic E-state index is 5.26. The van der Waals surface area contributed by atoms with E-state index in [1.165, 1.54) is 70.5 Å². The fourth-order valence-corrected chi connectivity index (χ4v) is 7.90. The van der Waals surface area contributed by atoms with Gasteiger partial charge < -0.3 is 10.3 Å². The summed E-state index contributed by atoms with van der Waals surface area (Å²) in [5.41, 5.74) is 12.8. The zero-order chi connectivity index (χ0) is 36.4. The van der Waals surface area contributed by atoms with Crippen LogP contribution in [0.4, 0.5) is 0 Å². The predicted molar refractivity (Wildman–Crippen MR) is 232 cm³/mol. The number of rotatable bonds is 6. The molecule has 0 unspecified atom stereocenters. The molecule has 10 rings (SSSR count). The normalized spacial score (nSPS) is 11.8. The molecule has 0 atom stereocenters. The van der Waals surface area contributed by atoms with Crippen molar-refractivity contribution in [3.05, 3.63) is 199 Å². The van der Waals surface area contributed by atoms with E-state index in [-0.39, 0.29) is 0 Å². The molecule has 0 amide bonds. The van der Waals surface area contributed by atoms with Gasteiger partial charge in [-0.15, -0.1) is 0 Å². The van der Waals surface area contributed by atoms with Crippen LogP contribution in [0.5, 0.6) is 0 Å². The molecule has 1 heterocycles. The number of hydrogen-bond donors (Lipinski definition) is 1. The summed E-state index contributed by atoms with van der Waals surface area (Å²) < 4.78 is 2.50. The first-order valence-electron chi connectivity index (χ1n) is 18.3. The van der Waals surface area contributed by atoms with E-state index in [9.17, 15) is 0 Å². The molecule has 0 spiro atoms. The average Bonchev–Trinajstić information content (AvgIpc) is 3.61. The zero-order valence-corrected chi connectivity index (χ0v) is 29.9. The Morgan fingerprint density at radius 3 is 1.76 bits per heavy atom. The van der Waals surface area contributed by atoms with Crippen molar-refractivity contribution < 1.29 is 0 Å². The van der Waals surface area contributed by atoms with Gasteiger partial charge in [0.05, 0.1) is 30.0 Å². The number of nitrogens with zero attached hydrogens (tertiary/aromatic N) is 3. The van der Waals surface area contributed by atoms with Crippen LogP contribution in [0.1, 0.15) is 16.7 Å². The quantitative estimate of drug-likeness (QED) is 0.137. The Hall–Kier alpha value is -6.88. The first-order chi connectivity index (χ1) is 26.7. The predicted octanol–water partition coefficient (Wildman–Crippen LogP) is 12.0. The molecule has 0 aliphatic carbocycles. The van der Waals surface area contributed by atoms with Crippen molar-refractivity contribution in [2.45, 2.75) is 6.54 Å². The second-order valence-corrected chi connectivity index (χ2v) is 13.5. The minimum Gasteiger partial charge on any atom is -0.312 e. The van der Waals surface area contributed by atoms with E-state index in [0.29, 0.717) is 13.2 Å². The summed E-state index contributed by atoms with van der Waals surface area (Å²) in [5.74, 6) is 0. The Morgan fingerprint density at radius 1 is 0.481 bits per heavy atom. The van der Waals surface area contributed by atoms with Gasteiger partial charge in [-0.05, 0) is 62.8 Å². The second kappa shape index (κ2) is 14.3. The third kappa shape index (κ3) is 5.79. The van der Waals surface area contributed by atoms with E-state index in [1.54, 1.807) is 0 Å². The second-order valence-electron chi connectivity index (χ2n) is 13.5. The Balaban J connectivity index is 0.000000918. The van der Waals surface area contributed by atoms with E-state index in [1.807, 2.05) is 0 Å². The van der Waals surface area contributed by atoms with Crippen LogP contribution in [0, 0.1) is 0 Å². The molecule has 0 aliphatic rings. The van der Waals surface area contributed by atoms with Crippen LogP contribution >= 0.6 is 0 Å². The smallest absolute Gasteiger partial charge is 0.0852 e. The summed E-state index contributed by atoms with van der Waals surface area (Å²) in [7, 11) is 0. The number of aromatic nitrogens is 1.